The number of rotatable bonds is 3. The molecular weight excluding hydrogens is 384 g/mol. The van der Waals surface area contributed by atoms with E-state index in [1.807, 2.05) is 13.0 Å². The Hall–Kier alpha value is -3.06. The van der Waals surface area contributed by atoms with Crippen molar-refractivity contribution in [3.63, 3.8) is 0 Å². The van der Waals surface area contributed by atoms with E-state index in [2.05, 4.69) is 58.0 Å². The lowest BCUT2D eigenvalue weighted by Crippen LogP contribution is -2.49. The molecule has 3 aromatic heterocycles. The van der Waals surface area contributed by atoms with Gasteiger partial charge in [-0.15, -0.1) is 11.3 Å². The zero-order chi connectivity index (χ0) is 19.8. The zero-order valence-corrected chi connectivity index (χ0v) is 17.1. The van der Waals surface area contributed by atoms with Crippen LogP contribution in [0.25, 0.3) is 26.3 Å². The SMILES string of the molecule is CCOC(=O)N1CCN(c2nc3cc(-c4ccccc4)sc3n3cccc23)CC1. The van der Waals surface area contributed by atoms with E-state index < -0.39 is 0 Å². The minimum absolute atomic E-state index is 0.228. The molecular formula is C22H22N4O2S. The predicted molar refractivity (Wildman–Crippen MR) is 117 cm³/mol. The summed E-state index contributed by atoms with van der Waals surface area (Å²) < 4.78 is 7.36. The molecule has 1 aliphatic heterocycles. The van der Waals surface area contributed by atoms with E-state index in [4.69, 9.17) is 9.72 Å². The van der Waals surface area contributed by atoms with E-state index in [-0.39, 0.29) is 6.09 Å². The molecule has 29 heavy (non-hydrogen) atoms. The zero-order valence-electron chi connectivity index (χ0n) is 16.2. The summed E-state index contributed by atoms with van der Waals surface area (Å²) in [4.78, 5) is 23.4. The quantitative estimate of drug-likeness (QED) is 0.503. The molecule has 6 nitrogen and oxygen atoms in total. The number of piperazine rings is 1. The molecule has 1 fully saturated rings. The van der Waals surface area contributed by atoms with Crippen molar-refractivity contribution in [1.29, 1.82) is 0 Å². The van der Waals surface area contributed by atoms with Gasteiger partial charge in [0.25, 0.3) is 0 Å². The van der Waals surface area contributed by atoms with Gasteiger partial charge in [0, 0.05) is 37.3 Å². The molecule has 0 radical (unpaired) electrons. The van der Waals surface area contributed by atoms with E-state index >= 15 is 0 Å². The van der Waals surface area contributed by atoms with Crippen LogP contribution in [0.5, 0.6) is 0 Å². The van der Waals surface area contributed by atoms with Crippen LogP contribution in [0.4, 0.5) is 10.6 Å². The maximum atomic E-state index is 12.0. The van der Waals surface area contributed by atoms with E-state index in [9.17, 15) is 4.79 Å². The molecule has 1 amide bonds. The van der Waals surface area contributed by atoms with Crippen molar-refractivity contribution in [3.05, 3.63) is 54.7 Å². The number of thiophene rings is 1. The first-order valence-electron chi connectivity index (χ1n) is 9.87. The van der Waals surface area contributed by atoms with Crippen LogP contribution in [0.3, 0.4) is 0 Å². The molecule has 1 aliphatic rings. The van der Waals surface area contributed by atoms with Gasteiger partial charge >= 0.3 is 6.09 Å². The maximum Gasteiger partial charge on any atom is 0.409 e. The van der Waals surface area contributed by atoms with Gasteiger partial charge in [-0.25, -0.2) is 9.78 Å². The number of hydrogen-bond acceptors (Lipinski definition) is 5. The summed E-state index contributed by atoms with van der Waals surface area (Å²) in [5.74, 6) is 0.975. The van der Waals surface area contributed by atoms with Crippen LogP contribution in [-0.4, -0.2) is 53.2 Å². The second-order valence-corrected chi connectivity index (χ2v) is 8.07. The van der Waals surface area contributed by atoms with Crippen molar-refractivity contribution in [3.8, 4) is 10.4 Å². The van der Waals surface area contributed by atoms with Crippen LogP contribution < -0.4 is 4.90 Å². The monoisotopic (exact) mass is 406 g/mol. The van der Waals surface area contributed by atoms with Crippen molar-refractivity contribution < 1.29 is 9.53 Å². The minimum atomic E-state index is -0.228. The number of carbonyl (C=O) groups excluding carboxylic acids is 1. The van der Waals surface area contributed by atoms with Crippen molar-refractivity contribution in [2.75, 3.05) is 37.7 Å². The van der Waals surface area contributed by atoms with Crippen LogP contribution >= 0.6 is 11.3 Å². The van der Waals surface area contributed by atoms with Gasteiger partial charge in [-0.3, -0.25) is 0 Å². The Bertz CT molecular complexity index is 1160. The first kappa shape index (κ1) is 18.0. The predicted octanol–water partition coefficient (Wildman–Crippen LogP) is 4.49. The van der Waals surface area contributed by atoms with E-state index in [0.29, 0.717) is 19.7 Å². The summed E-state index contributed by atoms with van der Waals surface area (Å²) in [6.07, 6.45) is 1.87. The smallest absolute Gasteiger partial charge is 0.409 e. The van der Waals surface area contributed by atoms with Crippen molar-refractivity contribution in [1.82, 2.24) is 14.3 Å². The Labute approximate surface area is 172 Å². The summed E-state index contributed by atoms with van der Waals surface area (Å²) >= 11 is 1.76. The number of fused-ring (bicyclic) bond motifs is 3. The number of carbonyl (C=O) groups is 1. The van der Waals surface area contributed by atoms with Crippen LogP contribution in [0.15, 0.2) is 54.7 Å². The van der Waals surface area contributed by atoms with Gasteiger partial charge < -0.3 is 18.9 Å². The number of anilines is 1. The lowest BCUT2D eigenvalue weighted by atomic mass is 10.2. The Morgan fingerprint density at radius 1 is 1.10 bits per heavy atom. The molecule has 4 heterocycles. The first-order valence-corrected chi connectivity index (χ1v) is 10.7. The van der Waals surface area contributed by atoms with Gasteiger partial charge in [-0.05, 0) is 30.7 Å². The van der Waals surface area contributed by atoms with Crippen molar-refractivity contribution in [2.45, 2.75) is 6.92 Å². The Balaban J connectivity index is 1.50. The number of nitrogens with zero attached hydrogens (tertiary/aromatic N) is 4. The Kier molecular flexibility index (Phi) is 4.60. The third kappa shape index (κ3) is 3.21. The molecule has 4 aromatic rings. The minimum Gasteiger partial charge on any atom is -0.450 e. The fraction of sp³-hybridized carbons (Fsp3) is 0.273. The van der Waals surface area contributed by atoms with E-state index in [1.165, 1.54) is 10.4 Å². The van der Waals surface area contributed by atoms with Gasteiger partial charge in [0.2, 0.25) is 0 Å². The molecule has 0 atom stereocenters. The van der Waals surface area contributed by atoms with Gasteiger partial charge in [-0.2, -0.15) is 0 Å². The van der Waals surface area contributed by atoms with E-state index in [0.717, 1.165) is 34.8 Å². The molecule has 0 aliphatic carbocycles. The molecule has 0 spiro atoms. The summed E-state index contributed by atoms with van der Waals surface area (Å²) in [5, 5.41) is 0. The highest BCUT2D eigenvalue weighted by Crippen LogP contribution is 2.35. The largest absolute Gasteiger partial charge is 0.450 e. The van der Waals surface area contributed by atoms with Crippen molar-refractivity contribution >= 4 is 39.1 Å². The normalized spacial score (nSPS) is 14.7. The molecule has 0 N–H and O–H groups in total. The fourth-order valence-electron chi connectivity index (χ4n) is 3.83. The second-order valence-electron chi connectivity index (χ2n) is 7.04. The second kappa shape index (κ2) is 7.40. The van der Waals surface area contributed by atoms with Gasteiger partial charge in [0.1, 0.15) is 10.3 Å². The lowest BCUT2D eigenvalue weighted by molar-refractivity contribution is 0.105. The standard InChI is InChI=1S/C22H22N4O2S/c1-2-28-22(27)25-13-11-24(12-14-25)20-18-9-6-10-26(18)21-17(23-20)15-19(29-21)16-7-4-3-5-8-16/h3-10,15H,2,11-14H2,1H3. The van der Waals surface area contributed by atoms with Gasteiger partial charge in [0.15, 0.2) is 5.82 Å². The number of amides is 1. The number of aromatic nitrogens is 2. The molecule has 0 saturated carbocycles. The molecule has 1 saturated heterocycles. The number of hydrogen-bond donors (Lipinski definition) is 0. The summed E-state index contributed by atoms with van der Waals surface area (Å²) in [6, 6.07) is 16.8. The molecule has 0 unspecified atom stereocenters. The molecule has 7 heteroatoms. The summed E-state index contributed by atoms with van der Waals surface area (Å²) in [6.45, 7) is 5.02. The topological polar surface area (TPSA) is 50.1 Å². The Morgan fingerprint density at radius 2 is 1.90 bits per heavy atom. The summed E-state index contributed by atoms with van der Waals surface area (Å²) in [7, 11) is 0. The average Bonchev–Trinajstić information content (AvgIpc) is 3.41. The van der Waals surface area contributed by atoms with Crippen LogP contribution in [0.1, 0.15) is 6.92 Å². The highest BCUT2D eigenvalue weighted by Gasteiger charge is 2.25. The molecule has 5 rings (SSSR count). The first-order chi connectivity index (χ1) is 14.2. The van der Waals surface area contributed by atoms with Crippen LogP contribution in [0.2, 0.25) is 0 Å². The average molecular weight is 407 g/mol. The van der Waals surface area contributed by atoms with Crippen LogP contribution in [-0.2, 0) is 4.74 Å². The third-order valence-corrected chi connectivity index (χ3v) is 6.45. The van der Waals surface area contributed by atoms with Crippen LogP contribution in [0, 0.1) is 0 Å². The fourth-order valence-corrected chi connectivity index (χ4v) is 4.93. The highest BCUT2D eigenvalue weighted by molar-refractivity contribution is 7.21. The summed E-state index contributed by atoms with van der Waals surface area (Å²) in [5.41, 5.74) is 3.31. The maximum absolute atomic E-state index is 12.0. The Morgan fingerprint density at radius 3 is 2.66 bits per heavy atom. The molecule has 0 bridgehead atoms. The molecule has 1 aromatic carbocycles. The van der Waals surface area contributed by atoms with Crippen molar-refractivity contribution in [2.24, 2.45) is 0 Å². The van der Waals surface area contributed by atoms with E-state index in [1.54, 1.807) is 16.2 Å². The lowest BCUT2D eigenvalue weighted by Gasteiger charge is -2.35. The molecule has 148 valence electrons. The number of ether oxygens (including phenoxy) is 1. The number of benzene rings is 1. The highest BCUT2D eigenvalue weighted by atomic mass is 32.1. The van der Waals surface area contributed by atoms with Gasteiger partial charge in [-0.1, -0.05) is 30.3 Å². The van der Waals surface area contributed by atoms with Gasteiger partial charge in [0.05, 0.1) is 12.1 Å². The third-order valence-electron chi connectivity index (χ3n) is 5.28.